The van der Waals surface area contributed by atoms with Crippen LogP contribution >= 0.6 is 34.8 Å². The van der Waals surface area contributed by atoms with E-state index in [9.17, 15) is 5.11 Å². The number of nitrogens with one attached hydrogen (secondary N) is 1. The standard InChI is InChI=1S/C21H25Cl3N2O/c1-2-17(13-27)25-18-9-10-26(20-8-7-16(23)11-19(20)24)21(12-18)14-3-5-15(22)6-4-14/h3-8,11,17-18,21,25,27H,2,9-10,12-13H2,1H3. The summed E-state index contributed by atoms with van der Waals surface area (Å²) >= 11 is 18.7. The number of benzene rings is 2. The molecule has 0 radical (unpaired) electrons. The van der Waals surface area contributed by atoms with E-state index in [4.69, 9.17) is 34.8 Å². The Morgan fingerprint density at radius 3 is 2.44 bits per heavy atom. The fourth-order valence-corrected chi connectivity index (χ4v) is 4.40. The molecule has 1 fully saturated rings. The third-order valence-corrected chi connectivity index (χ3v) is 6.05. The molecule has 0 bridgehead atoms. The van der Waals surface area contributed by atoms with Gasteiger partial charge in [0, 0.05) is 28.7 Å². The van der Waals surface area contributed by atoms with Gasteiger partial charge in [0.15, 0.2) is 0 Å². The Morgan fingerprint density at radius 1 is 1.11 bits per heavy atom. The summed E-state index contributed by atoms with van der Waals surface area (Å²) in [6.07, 6.45) is 2.82. The smallest absolute Gasteiger partial charge is 0.0654 e. The van der Waals surface area contributed by atoms with Crippen molar-refractivity contribution in [3.05, 3.63) is 63.1 Å². The first-order valence-electron chi connectivity index (χ1n) is 9.35. The molecule has 1 aliphatic heterocycles. The maximum atomic E-state index is 9.54. The molecular formula is C21H25Cl3N2O. The van der Waals surface area contributed by atoms with Crippen LogP contribution in [0.1, 0.15) is 37.8 Å². The van der Waals surface area contributed by atoms with Gasteiger partial charge in [-0.3, -0.25) is 0 Å². The second kappa shape index (κ2) is 9.49. The molecule has 1 saturated heterocycles. The van der Waals surface area contributed by atoms with Crippen molar-refractivity contribution in [1.29, 1.82) is 0 Å². The highest BCUT2D eigenvalue weighted by molar-refractivity contribution is 6.36. The van der Waals surface area contributed by atoms with Crippen molar-refractivity contribution in [2.45, 2.75) is 44.3 Å². The average molecular weight is 428 g/mol. The van der Waals surface area contributed by atoms with Gasteiger partial charge in [0.1, 0.15) is 0 Å². The topological polar surface area (TPSA) is 35.5 Å². The lowest BCUT2D eigenvalue weighted by molar-refractivity contribution is 0.214. The summed E-state index contributed by atoms with van der Waals surface area (Å²) in [6, 6.07) is 14.3. The van der Waals surface area contributed by atoms with Crippen molar-refractivity contribution in [2.24, 2.45) is 0 Å². The largest absolute Gasteiger partial charge is 0.395 e. The highest BCUT2D eigenvalue weighted by Crippen LogP contribution is 2.39. The summed E-state index contributed by atoms with van der Waals surface area (Å²) in [7, 11) is 0. The van der Waals surface area contributed by atoms with E-state index in [1.165, 1.54) is 5.56 Å². The van der Waals surface area contributed by atoms with E-state index in [0.29, 0.717) is 16.1 Å². The SMILES string of the molecule is CCC(CO)NC1CCN(c2ccc(Cl)cc2Cl)C(c2ccc(Cl)cc2)C1. The predicted octanol–water partition coefficient (Wildman–Crippen LogP) is 5.72. The molecule has 3 atom stereocenters. The number of anilines is 1. The zero-order chi connectivity index (χ0) is 19.4. The number of aliphatic hydroxyl groups excluding tert-OH is 1. The number of aliphatic hydroxyl groups is 1. The summed E-state index contributed by atoms with van der Waals surface area (Å²) < 4.78 is 0. The zero-order valence-corrected chi connectivity index (χ0v) is 17.6. The van der Waals surface area contributed by atoms with E-state index in [2.05, 4.69) is 29.3 Å². The lowest BCUT2D eigenvalue weighted by Gasteiger charge is -2.43. The molecule has 2 aromatic rings. The van der Waals surface area contributed by atoms with E-state index < -0.39 is 0 Å². The number of nitrogens with zero attached hydrogens (tertiary/aromatic N) is 1. The van der Waals surface area contributed by atoms with E-state index >= 15 is 0 Å². The number of piperidine rings is 1. The molecule has 3 unspecified atom stereocenters. The molecule has 2 aromatic carbocycles. The molecular weight excluding hydrogens is 403 g/mol. The maximum Gasteiger partial charge on any atom is 0.0654 e. The first kappa shape index (κ1) is 20.8. The van der Waals surface area contributed by atoms with Crippen LogP contribution in [0.3, 0.4) is 0 Å². The quantitative estimate of drug-likeness (QED) is 0.619. The average Bonchev–Trinajstić information content (AvgIpc) is 2.67. The monoisotopic (exact) mass is 426 g/mol. The predicted molar refractivity (Wildman–Crippen MR) is 115 cm³/mol. The van der Waals surface area contributed by atoms with Crippen molar-refractivity contribution in [3.8, 4) is 0 Å². The molecule has 0 aromatic heterocycles. The molecule has 27 heavy (non-hydrogen) atoms. The molecule has 0 spiro atoms. The zero-order valence-electron chi connectivity index (χ0n) is 15.3. The normalized spacial score (nSPS) is 21.3. The van der Waals surface area contributed by atoms with Crippen LogP contribution in [-0.4, -0.2) is 30.3 Å². The molecule has 146 valence electrons. The minimum absolute atomic E-state index is 0.131. The fourth-order valence-electron chi connectivity index (χ4n) is 3.75. The molecule has 6 heteroatoms. The summed E-state index contributed by atoms with van der Waals surface area (Å²) in [6.45, 7) is 3.12. The van der Waals surface area contributed by atoms with Crippen molar-refractivity contribution in [1.82, 2.24) is 5.32 Å². The minimum atomic E-state index is 0.131. The van der Waals surface area contributed by atoms with Crippen LogP contribution in [0.25, 0.3) is 0 Å². The van der Waals surface area contributed by atoms with E-state index in [-0.39, 0.29) is 18.7 Å². The van der Waals surface area contributed by atoms with Gasteiger partial charge in [0.05, 0.1) is 23.4 Å². The van der Waals surface area contributed by atoms with Gasteiger partial charge < -0.3 is 15.3 Å². The Kier molecular flexibility index (Phi) is 7.29. The van der Waals surface area contributed by atoms with Crippen molar-refractivity contribution in [2.75, 3.05) is 18.1 Å². The van der Waals surface area contributed by atoms with Crippen LogP contribution in [0.2, 0.25) is 15.1 Å². The summed E-state index contributed by atoms with van der Waals surface area (Å²) in [4.78, 5) is 2.35. The third-order valence-electron chi connectivity index (χ3n) is 5.26. The van der Waals surface area contributed by atoms with Crippen molar-refractivity contribution >= 4 is 40.5 Å². The molecule has 0 saturated carbocycles. The van der Waals surface area contributed by atoms with Gasteiger partial charge in [0.25, 0.3) is 0 Å². The van der Waals surface area contributed by atoms with Crippen LogP contribution in [0.5, 0.6) is 0 Å². The first-order chi connectivity index (χ1) is 13.0. The number of hydrogen-bond donors (Lipinski definition) is 2. The van der Waals surface area contributed by atoms with E-state index in [0.717, 1.165) is 36.5 Å². The number of halogens is 3. The molecule has 0 amide bonds. The van der Waals surface area contributed by atoms with Crippen LogP contribution in [0, 0.1) is 0 Å². The van der Waals surface area contributed by atoms with Crippen LogP contribution in [0.4, 0.5) is 5.69 Å². The second-order valence-corrected chi connectivity index (χ2v) is 8.31. The summed E-state index contributed by atoms with van der Waals surface area (Å²) in [5, 5.41) is 15.2. The lowest BCUT2D eigenvalue weighted by Crippen LogP contribution is -2.48. The molecule has 0 aliphatic carbocycles. The maximum absolute atomic E-state index is 9.54. The van der Waals surface area contributed by atoms with Gasteiger partial charge in [-0.15, -0.1) is 0 Å². The van der Waals surface area contributed by atoms with Gasteiger partial charge in [-0.1, -0.05) is 53.9 Å². The highest BCUT2D eigenvalue weighted by atomic mass is 35.5. The molecule has 1 heterocycles. The van der Waals surface area contributed by atoms with Gasteiger partial charge in [0.2, 0.25) is 0 Å². The Morgan fingerprint density at radius 2 is 1.81 bits per heavy atom. The Labute approximate surface area is 176 Å². The van der Waals surface area contributed by atoms with Crippen molar-refractivity contribution < 1.29 is 5.11 Å². The number of hydrogen-bond acceptors (Lipinski definition) is 3. The molecule has 1 aliphatic rings. The molecule has 3 rings (SSSR count). The van der Waals surface area contributed by atoms with E-state index in [1.807, 2.05) is 24.3 Å². The van der Waals surface area contributed by atoms with Gasteiger partial charge in [-0.2, -0.15) is 0 Å². The minimum Gasteiger partial charge on any atom is -0.395 e. The van der Waals surface area contributed by atoms with Crippen LogP contribution < -0.4 is 10.2 Å². The van der Waals surface area contributed by atoms with Crippen LogP contribution in [-0.2, 0) is 0 Å². The highest BCUT2D eigenvalue weighted by Gasteiger charge is 2.31. The Hall–Kier alpha value is -0.970. The summed E-state index contributed by atoms with van der Waals surface area (Å²) in [5.74, 6) is 0. The van der Waals surface area contributed by atoms with Gasteiger partial charge >= 0.3 is 0 Å². The van der Waals surface area contributed by atoms with Gasteiger partial charge in [-0.05, 0) is 55.2 Å². The number of rotatable bonds is 6. The fraction of sp³-hybridized carbons (Fsp3) is 0.429. The lowest BCUT2D eigenvalue weighted by atomic mass is 9.90. The molecule has 3 nitrogen and oxygen atoms in total. The first-order valence-corrected chi connectivity index (χ1v) is 10.5. The van der Waals surface area contributed by atoms with Gasteiger partial charge in [-0.25, -0.2) is 0 Å². The van der Waals surface area contributed by atoms with E-state index in [1.54, 1.807) is 6.07 Å². The third kappa shape index (κ3) is 5.10. The Bertz CT molecular complexity index is 750. The van der Waals surface area contributed by atoms with Crippen molar-refractivity contribution in [3.63, 3.8) is 0 Å². The molecule has 2 N–H and O–H groups in total. The summed E-state index contributed by atoms with van der Waals surface area (Å²) in [5.41, 5.74) is 2.20. The Balaban J connectivity index is 1.89. The second-order valence-electron chi connectivity index (χ2n) is 7.03. The van der Waals surface area contributed by atoms with Crippen LogP contribution in [0.15, 0.2) is 42.5 Å².